The van der Waals surface area contributed by atoms with Gasteiger partial charge in [-0.3, -0.25) is 0 Å². The smallest absolute Gasteiger partial charge is 0.872 e. The number of thiazole rings is 1. The first-order valence-electron chi connectivity index (χ1n) is 8.81. The predicted octanol–water partition coefficient (Wildman–Crippen LogP) is 4.25. The molecule has 0 bridgehead atoms. The molecule has 3 aromatic carbocycles. The number of nitrogens with one attached hydrogen (secondary N) is 1. The molecule has 0 amide bonds. The molecule has 3 nitrogen and oxygen atoms in total. The van der Waals surface area contributed by atoms with E-state index in [0.717, 1.165) is 37.5 Å². The van der Waals surface area contributed by atoms with E-state index in [2.05, 4.69) is 31.0 Å². The fraction of sp³-hybridized carbons (Fsp3) is 0.130. The maximum absolute atomic E-state index is 12.9. The van der Waals surface area contributed by atoms with E-state index in [1.807, 2.05) is 42.5 Å². The Morgan fingerprint density at radius 2 is 1.71 bits per heavy atom. The normalized spacial score (nSPS) is 13.5. The molecule has 1 aliphatic carbocycles. The molecule has 0 fully saturated rings. The third-order valence-electron chi connectivity index (χ3n) is 5.50. The first-order chi connectivity index (χ1) is 13.0. The Morgan fingerprint density at radius 1 is 0.964 bits per heavy atom. The average Bonchev–Trinajstić information content (AvgIpc) is 3.18. The third kappa shape index (κ3) is 2.48. The van der Waals surface area contributed by atoms with Crippen molar-refractivity contribution in [2.45, 2.75) is 19.3 Å². The Hall–Kier alpha value is -2.99. The topological polar surface area (TPSA) is 61.0 Å². The van der Waals surface area contributed by atoms with Crippen molar-refractivity contribution in [1.29, 1.82) is 5.26 Å². The van der Waals surface area contributed by atoms with Gasteiger partial charge >= 0.3 is 10.1 Å². The van der Waals surface area contributed by atoms with Gasteiger partial charge in [0.05, 0.1) is 17.2 Å². The molecular formula is C23H16BeN2OS+2. The average molecular weight is 377 g/mol. The third-order valence-corrected chi connectivity index (χ3v) is 6.60. The van der Waals surface area contributed by atoms with Gasteiger partial charge in [0, 0.05) is 11.5 Å². The molecule has 1 N–H and O–H groups in total. The predicted molar refractivity (Wildman–Crippen MR) is 111 cm³/mol. The van der Waals surface area contributed by atoms with Crippen LogP contribution in [0.2, 0.25) is 0 Å². The van der Waals surface area contributed by atoms with Crippen LogP contribution in [0.15, 0.2) is 54.6 Å². The molecule has 0 saturated carbocycles. The molecule has 0 unspecified atom stereocenters. The summed E-state index contributed by atoms with van der Waals surface area (Å²) < 4.78 is 1.13. The Labute approximate surface area is 171 Å². The molecule has 5 heteroatoms. The Kier molecular flexibility index (Phi) is 4.12. The molecule has 0 radical (unpaired) electrons. The molecule has 5 rings (SSSR count). The first kappa shape index (κ1) is 18.4. The molecule has 28 heavy (non-hydrogen) atoms. The summed E-state index contributed by atoms with van der Waals surface area (Å²) in [7, 11) is 0. The van der Waals surface area contributed by atoms with Crippen LogP contribution in [-0.4, -0.2) is 10.1 Å². The maximum Gasteiger partial charge on any atom is 2.00 e. The number of rotatable bonds is 1. The van der Waals surface area contributed by atoms with Gasteiger partial charge in [-0.15, -0.1) is 0 Å². The monoisotopic (exact) mass is 377 g/mol. The second-order valence-corrected chi connectivity index (χ2v) is 8.50. The van der Waals surface area contributed by atoms with Crippen molar-refractivity contribution in [3.05, 3.63) is 71.3 Å². The summed E-state index contributed by atoms with van der Waals surface area (Å²) in [4.78, 5) is 3.39. The van der Waals surface area contributed by atoms with Gasteiger partial charge in [-0.2, -0.15) is 10.2 Å². The van der Waals surface area contributed by atoms with Crippen LogP contribution in [0, 0.1) is 11.3 Å². The molecule has 1 aliphatic rings. The molecule has 1 heterocycles. The van der Waals surface area contributed by atoms with Crippen LogP contribution < -0.4 is 10.1 Å². The summed E-state index contributed by atoms with van der Waals surface area (Å²) in [5, 5.41) is 23.1. The zero-order valence-corrected chi connectivity index (χ0v) is 16.5. The van der Waals surface area contributed by atoms with Crippen LogP contribution in [0.25, 0.3) is 31.9 Å². The first-order valence-corrected chi connectivity index (χ1v) is 9.62. The summed E-state index contributed by atoms with van der Waals surface area (Å²) in [6.45, 7) is 4.31. The van der Waals surface area contributed by atoms with E-state index in [0.29, 0.717) is 11.1 Å². The molecule has 0 aliphatic heterocycles. The number of hydrogen-bond acceptors (Lipinski definition) is 3. The summed E-state index contributed by atoms with van der Waals surface area (Å²) in [5.74, 6) is 0.0181. The fourth-order valence-electron chi connectivity index (χ4n) is 4.05. The van der Waals surface area contributed by atoms with Crippen molar-refractivity contribution < 1.29 is 10.1 Å². The van der Waals surface area contributed by atoms with Crippen molar-refractivity contribution in [3.63, 3.8) is 0 Å². The molecule has 1 aromatic heterocycles. The number of fused-ring (bicyclic) bond motifs is 4. The second-order valence-electron chi connectivity index (χ2n) is 7.44. The van der Waals surface area contributed by atoms with Gasteiger partial charge < -0.3 is 5.11 Å². The quantitative estimate of drug-likeness (QED) is 0.466. The number of nitriles is 1. The van der Waals surface area contributed by atoms with E-state index in [9.17, 15) is 10.4 Å². The number of aromatic amines is 1. The van der Waals surface area contributed by atoms with Crippen molar-refractivity contribution in [3.8, 4) is 33.5 Å². The van der Waals surface area contributed by atoms with Gasteiger partial charge in [0.1, 0.15) is 4.70 Å². The van der Waals surface area contributed by atoms with E-state index < -0.39 is 0 Å². The summed E-state index contributed by atoms with van der Waals surface area (Å²) in [6, 6.07) is 19.8. The Bertz CT molecular complexity index is 1250. The summed E-state index contributed by atoms with van der Waals surface area (Å²) in [5.41, 5.74) is 6.41. The number of aromatic nitrogens is 1. The van der Waals surface area contributed by atoms with Gasteiger partial charge in [-0.1, -0.05) is 55.2 Å². The number of para-hydroxylation sites is 1. The van der Waals surface area contributed by atoms with Crippen LogP contribution in [0.5, 0.6) is 5.75 Å². The van der Waals surface area contributed by atoms with Crippen molar-refractivity contribution in [1.82, 2.24) is 0 Å². The maximum atomic E-state index is 12.9. The van der Waals surface area contributed by atoms with Gasteiger partial charge in [0.15, 0.2) is 0 Å². The van der Waals surface area contributed by atoms with Gasteiger partial charge in [0.25, 0.3) is 5.01 Å². The minimum Gasteiger partial charge on any atom is -0.872 e. The molecular weight excluding hydrogens is 361 g/mol. The van der Waals surface area contributed by atoms with E-state index >= 15 is 0 Å². The van der Waals surface area contributed by atoms with E-state index in [1.54, 1.807) is 17.4 Å². The van der Waals surface area contributed by atoms with Crippen LogP contribution in [-0.2, 0) is 5.41 Å². The van der Waals surface area contributed by atoms with E-state index in [-0.39, 0.29) is 21.3 Å². The number of benzene rings is 3. The number of H-pyrrole nitrogens is 1. The van der Waals surface area contributed by atoms with Crippen LogP contribution >= 0.6 is 11.3 Å². The second kappa shape index (κ2) is 6.27. The van der Waals surface area contributed by atoms with Crippen molar-refractivity contribution >= 4 is 31.7 Å². The van der Waals surface area contributed by atoms with Crippen LogP contribution in [0.1, 0.15) is 30.5 Å². The molecule has 0 spiro atoms. The summed E-state index contributed by atoms with van der Waals surface area (Å²) >= 11 is 1.60. The summed E-state index contributed by atoms with van der Waals surface area (Å²) in [6.07, 6.45) is 0. The van der Waals surface area contributed by atoms with E-state index in [1.165, 1.54) is 0 Å². The molecule has 0 atom stereocenters. The minimum absolute atomic E-state index is 0. The largest absolute Gasteiger partial charge is 2.00 e. The minimum atomic E-state index is -0.253. The van der Waals surface area contributed by atoms with Crippen LogP contribution in [0.4, 0.5) is 0 Å². The molecule has 4 aromatic rings. The Morgan fingerprint density at radius 3 is 2.46 bits per heavy atom. The zero-order chi connectivity index (χ0) is 18.8. The van der Waals surface area contributed by atoms with E-state index in [4.69, 9.17) is 0 Å². The molecule has 130 valence electrons. The molecule has 0 saturated heterocycles. The van der Waals surface area contributed by atoms with Crippen LogP contribution in [0.3, 0.4) is 0 Å². The van der Waals surface area contributed by atoms with Gasteiger partial charge in [0.2, 0.25) is 5.52 Å². The number of nitrogens with zero attached hydrogens (tertiary/aromatic N) is 1. The SMILES string of the molecule is CC1(C)c2cc(C#N)ccc2-c2cc([O-])c(-c3[nH+]c4ccccc4s3)cc21.[Be+2]. The standard InChI is InChI=1S/C23H16N2OS.Be/c1-23(2)17-9-13(12-24)7-8-14(17)15-11-20(26)16(10-18(15)23)22-25-19-5-3-4-6-21(19)27-22;/h3-11,26H,1-2H3;/q;+2. The zero-order valence-electron chi connectivity index (χ0n) is 15.7. The fourth-order valence-corrected chi connectivity index (χ4v) is 5.07. The van der Waals surface area contributed by atoms with Gasteiger partial charge in [-0.05, 0) is 46.5 Å². The Balaban J connectivity index is 0.00000192. The number of hydrogen-bond donors (Lipinski definition) is 0. The van der Waals surface area contributed by atoms with Gasteiger partial charge in [-0.25, -0.2) is 0 Å². The van der Waals surface area contributed by atoms with Crippen molar-refractivity contribution in [2.75, 3.05) is 0 Å². The van der Waals surface area contributed by atoms with Crippen molar-refractivity contribution in [2.24, 2.45) is 0 Å².